The summed E-state index contributed by atoms with van der Waals surface area (Å²) in [5.41, 5.74) is 22.3. The monoisotopic (exact) mass is 677 g/mol. The number of carbonyl (C=O) groups excluding carboxylic acids is 4. The fraction of sp³-hybridized carbons (Fsp3) is 0.310. The van der Waals surface area contributed by atoms with Crippen LogP contribution in [0.25, 0.3) is 0 Å². The number of anilines is 1. The summed E-state index contributed by atoms with van der Waals surface area (Å²) in [6, 6.07) is 9.95. The molecule has 258 valence electrons. The third kappa shape index (κ3) is 12.8. The Morgan fingerprint density at radius 1 is 0.938 bits per heavy atom. The molecule has 12 N–H and O–H groups in total. The van der Waals surface area contributed by atoms with Crippen LogP contribution < -0.4 is 33.6 Å². The van der Waals surface area contributed by atoms with Gasteiger partial charge in [-0.25, -0.2) is 9.79 Å². The number of carboxylic acid groups (broad SMARTS) is 1. The molecule has 2 aromatic rings. The lowest BCUT2D eigenvalue weighted by atomic mass is 9.95. The quantitative estimate of drug-likeness (QED) is 0.0391. The van der Waals surface area contributed by atoms with E-state index in [1.165, 1.54) is 36.4 Å². The van der Waals surface area contributed by atoms with Crippen LogP contribution in [0.15, 0.2) is 64.6 Å². The zero-order chi connectivity index (χ0) is 36.0. The van der Waals surface area contributed by atoms with Crippen molar-refractivity contribution in [2.75, 3.05) is 11.9 Å². The van der Waals surface area contributed by atoms with E-state index in [1.54, 1.807) is 18.2 Å². The minimum atomic E-state index is -5.60. The number of nitrogens with one attached hydrogen (secondary N) is 3. The predicted octanol–water partition coefficient (Wildman–Crippen LogP) is 0.139. The first-order valence-electron chi connectivity index (χ1n) is 14.0. The Balaban J connectivity index is 2.55. The van der Waals surface area contributed by atoms with Gasteiger partial charge in [-0.1, -0.05) is 42.5 Å². The molecule has 2 rings (SSSR count). The average molecular weight is 678 g/mol. The predicted molar refractivity (Wildman–Crippen MR) is 166 cm³/mol. The number of alkyl halides is 3. The van der Waals surface area contributed by atoms with Crippen molar-refractivity contribution in [1.29, 1.82) is 5.41 Å². The Bertz CT molecular complexity index is 1550. The van der Waals surface area contributed by atoms with Crippen molar-refractivity contribution >= 4 is 53.0 Å². The topological polar surface area (TPSA) is 292 Å². The van der Waals surface area contributed by atoms with Crippen LogP contribution >= 0.6 is 0 Å². The molecular weight excluding hydrogens is 643 g/mol. The van der Waals surface area contributed by atoms with Gasteiger partial charge in [0.15, 0.2) is 5.96 Å². The van der Waals surface area contributed by atoms with Gasteiger partial charge in [0.05, 0.1) is 6.42 Å². The first-order chi connectivity index (χ1) is 22.5. The van der Waals surface area contributed by atoms with Gasteiger partial charge in [0.1, 0.15) is 23.8 Å². The Morgan fingerprint density at radius 3 is 2.08 bits per heavy atom. The summed E-state index contributed by atoms with van der Waals surface area (Å²) in [6.45, 7) is -0.0554. The second-order valence-electron chi connectivity index (χ2n) is 10.1. The molecule has 0 aliphatic carbocycles. The maximum absolute atomic E-state index is 13.7. The van der Waals surface area contributed by atoms with Crippen molar-refractivity contribution in [3.8, 4) is 0 Å². The van der Waals surface area contributed by atoms with Crippen molar-refractivity contribution in [2.45, 2.75) is 43.9 Å². The Hall–Kier alpha value is -6.01. The van der Waals surface area contributed by atoms with Gasteiger partial charge in [-0.2, -0.15) is 13.2 Å². The van der Waals surface area contributed by atoms with E-state index in [4.69, 9.17) is 28.3 Å². The summed E-state index contributed by atoms with van der Waals surface area (Å²) in [5.74, 6) is -11.3. The molecule has 0 aromatic heterocycles. The molecule has 0 fully saturated rings. The number of hydrogen-bond donors (Lipinski definition) is 8. The molecule has 16 nitrogen and oxygen atoms in total. The number of nitrogen functional groups attached to an aromatic ring is 1. The van der Waals surface area contributed by atoms with Gasteiger partial charge in [0, 0.05) is 17.8 Å². The zero-order valence-electron chi connectivity index (χ0n) is 25.2. The number of benzene rings is 2. The number of para-hydroxylation sites is 1. The van der Waals surface area contributed by atoms with Crippen LogP contribution in [0.5, 0.6) is 0 Å². The molecule has 19 heteroatoms. The molecule has 0 radical (unpaired) electrons. The fourth-order valence-electron chi connectivity index (χ4n) is 4.02. The number of primary amides is 1. The van der Waals surface area contributed by atoms with Crippen molar-refractivity contribution in [1.82, 2.24) is 5.32 Å². The van der Waals surface area contributed by atoms with Crippen LogP contribution in [-0.2, 0) is 35.1 Å². The molecular formula is C29H34F3N9O7. The van der Waals surface area contributed by atoms with Gasteiger partial charge in [-0.15, -0.1) is 0 Å². The lowest BCUT2D eigenvalue weighted by Crippen LogP contribution is -2.50. The molecule has 1 unspecified atom stereocenters. The number of guanidine groups is 1. The van der Waals surface area contributed by atoms with Gasteiger partial charge in [0.2, 0.25) is 23.6 Å². The molecule has 48 heavy (non-hydrogen) atoms. The molecule has 0 saturated carbocycles. The van der Waals surface area contributed by atoms with E-state index in [1.807, 2.05) is 0 Å². The van der Waals surface area contributed by atoms with Gasteiger partial charge < -0.3 is 43.4 Å². The van der Waals surface area contributed by atoms with Crippen LogP contribution in [0.1, 0.15) is 30.4 Å². The summed E-state index contributed by atoms with van der Waals surface area (Å²) in [5, 5.41) is 21.8. The highest BCUT2D eigenvalue weighted by atomic mass is 19.4. The van der Waals surface area contributed by atoms with Gasteiger partial charge in [-0.3, -0.25) is 29.6 Å². The van der Waals surface area contributed by atoms with E-state index in [0.29, 0.717) is 11.1 Å². The Labute approximate surface area is 271 Å². The number of hydrogen-bond acceptors (Lipinski definition) is 9. The minimum absolute atomic E-state index is 0.00953. The van der Waals surface area contributed by atoms with E-state index in [2.05, 4.69) is 25.4 Å². The molecule has 0 saturated heterocycles. The van der Waals surface area contributed by atoms with Crippen LogP contribution in [-0.4, -0.2) is 77.3 Å². The molecule has 2 aromatic carbocycles. The molecule has 0 aliphatic heterocycles. The molecule has 0 bridgehead atoms. The summed E-state index contributed by atoms with van der Waals surface area (Å²) in [7, 11) is 0. The number of nitrogens with zero attached hydrogens (tertiary/aromatic N) is 2. The third-order valence-corrected chi connectivity index (χ3v) is 6.34. The van der Waals surface area contributed by atoms with Crippen LogP contribution in [0.4, 0.5) is 18.9 Å². The minimum Gasteiger partial charge on any atom is -0.481 e. The SMILES string of the molecule is N=C(N)c1ccc(CC(C(=O)Nc2ccccc2)C(=O)N[C@@H](CC(=O)O)C(=N[C@@H](CCCN=C(N)N)C(N)=O)OC(=O)C(F)(F)F)cc1. The molecule has 0 aliphatic rings. The summed E-state index contributed by atoms with van der Waals surface area (Å²) >= 11 is 0. The van der Waals surface area contributed by atoms with E-state index in [9.17, 15) is 42.3 Å². The number of amides is 3. The number of nitrogens with two attached hydrogens (primary N) is 4. The average Bonchev–Trinajstić information content (AvgIpc) is 3.00. The van der Waals surface area contributed by atoms with Crippen LogP contribution in [0, 0.1) is 11.3 Å². The lowest BCUT2D eigenvalue weighted by Gasteiger charge is -2.24. The standard InChI is InChI=1S/C29H34F3N9O7/c30-29(31,32)27(47)48-26(41-19(23(35)44)7-4-12-38-28(36)37)20(14-21(42)43)40-25(46)18(24(45)39-17-5-2-1-3-6-17)13-15-8-10-16(11-9-15)22(33)34/h1-3,5-6,8-11,18-20H,4,7,12-14H2,(H3,33,34)(H2,35,44)(H,39,45)(H,40,46)(H,42,43)(H4,36,37,38)/t18?,19-,20-/m0/s1. The highest BCUT2D eigenvalue weighted by Gasteiger charge is 2.44. The van der Waals surface area contributed by atoms with Crippen molar-refractivity contribution < 1.29 is 47.0 Å². The first-order valence-corrected chi connectivity index (χ1v) is 14.0. The lowest BCUT2D eigenvalue weighted by molar-refractivity contribution is -0.191. The van der Waals surface area contributed by atoms with Crippen molar-refractivity contribution in [2.24, 2.45) is 38.8 Å². The molecule has 0 spiro atoms. The molecule has 3 atom stereocenters. The number of carboxylic acids is 1. The smallest absolute Gasteiger partial charge is 0.481 e. The number of aliphatic imine (C=N–C) groups is 2. The first kappa shape index (κ1) is 38.2. The van der Waals surface area contributed by atoms with E-state index < -0.39 is 66.2 Å². The van der Waals surface area contributed by atoms with Gasteiger partial charge in [0.25, 0.3) is 0 Å². The van der Waals surface area contributed by atoms with E-state index in [0.717, 1.165) is 0 Å². The molecule has 0 heterocycles. The number of rotatable bonds is 16. The second kappa shape index (κ2) is 17.6. The molecule has 3 amide bonds. The Kier molecular flexibility index (Phi) is 14.0. The highest BCUT2D eigenvalue weighted by Crippen LogP contribution is 2.20. The largest absolute Gasteiger partial charge is 0.491 e. The summed E-state index contributed by atoms with van der Waals surface area (Å²) in [4.78, 5) is 70.2. The van der Waals surface area contributed by atoms with Gasteiger partial charge >= 0.3 is 18.1 Å². The van der Waals surface area contributed by atoms with Crippen LogP contribution in [0.2, 0.25) is 0 Å². The second-order valence-corrected chi connectivity index (χ2v) is 10.1. The van der Waals surface area contributed by atoms with E-state index in [-0.39, 0.29) is 43.3 Å². The number of esters is 1. The van der Waals surface area contributed by atoms with Gasteiger partial charge in [-0.05, 0) is 37.0 Å². The van der Waals surface area contributed by atoms with Crippen molar-refractivity contribution in [3.63, 3.8) is 0 Å². The number of aliphatic carboxylic acids is 1. The summed E-state index contributed by atoms with van der Waals surface area (Å²) < 4.78 is 44.1. The Morgan fingerprint density at radius 2 is 1.56 bits per heavy atom. The number of amidine groups is 1. The maximum Gasteiger partial charge on any atom is 0.491 e. The number of ether oxygens (including phenoxy) is 1. The highest BCUT2D eigenvalue weighted by molar-refractivity contribution is 6.08. The number of halogens is 3. The van der Waals surface area contributed by atoms with Crippen molar-refractivity contribution in [3.05, 3.63) is 65.7 Å². The maximum atomic E-state index is 13.7. The van der Waals surface area contributed by atoms with E-state index >= 15 is 0 Å². The fourth-order valence-corrected chi connectivity index (χ4v) is 4.02. The zero-order valence-corrected chi connectivity index (χ0v) is 25.2. The van der Waals surface area contributed by atoms with Crippen LogP contribution in [0.3, 0.4) is 0 Å². The normalized spacial score (nSPS) is 13.3. The number of carbonyl (C=O) groups is 5. The third-order valence-electron chi connectivity index (χ3n) is 6.34. The summed E-state index contributed by atoms with van der Waals surface area (Å²) in [6.07, 6.45) is -7.40.